The molecule has 0 bridgehead atoms. The Morgan fingerprint density at radius 1 is 1.24 bits per heavy atom. The quantitative estimate of drug-likeness (QED) is 0.531. The predicted octanol–water partition coefficient (Wildman–Crippen LogP) is 2.44. The number of nitrogens with zero attached hydrogens (tertiary/aromatic N) is 5. The van der Waals surface area contributed by atoms with Gasteiger partial charge >= 0.3 is 0 Å². The Kier molecular flexibility index (Phi) is 2.65. The molecule has 6 nitrogen and oxygen atoms in total. The number of rotatable bonds is 1. The minimum atomic E-state index is 0.719. The first-order valence-electron chi connectivity index (χ1n) is 6.50. The van der Waals surface area contributed by atoms with Gasteiger partial charge in [0, 0.05) is 12.5 Å². The summed E-state index contributed by atoms with van der Waals surface area (Å²) in [5, 5.41) is 8.50. The third-order valence-corrected chi connectivity index (χ3v) is 4.44. The van der Waals surface area contributed by atoms with Crippen molar-refractivity contribution in [1.82, 2.24) is 24.5 Å². The number of imidazole rings is 1. The summed E-state index contributed by atoms with van der Waals surface area (Å²) in [6, 6.07) is 5.92. The largest absolute Gasteiger partial charge is 0.497 e. The van der Waals surface area contributed by atoms with Crippen molar-refractivity contribution in [3.05, 3.63) is 46.2 Å². The Morgan fingerprint density at radius 2 is 2.10 bits per heavy atom. The summed E-state index contributed by atoms with van der Waals surface area (Å²) >= 11 is 3.52. The highest BCUT2D eigenvalue weighted by molar-refractivity contribution is 9.10. The smallest absolute Gasteiger partial charge is 0.128 e. The number of aryl methyl sites for hydroxylation is 1. The molecule has 0 saturated carbocycles. The molecule has 7 heteroatoms. The molecule has 0 unspecified atom stereocenters. The molecule has 1 aliphatic rings. The first kappa shape index (κ1) is 12.6. The topological polar surface area (TPSA) is 57.8 Å². The van der Waals surface area contributed by atoms with Gasteiger partial charge in [-0.15, -0.1) is 5.10 Å². The fourth-order valence-electron chi connectivity index (χ4n) is 2.65. The van der Waals surface area contributed by atoms with Crippen molar-refractivity contribution < 1.29 is 4.74 Å². The van der Waals surface area contributed by atoms with E-state index in [4.69, 9.17) is 4.74 Å². The van der Waals surface area contributed by atoms with E-state index in [0.717, 1.165) is 45.2 Å². The van der Waals surface area contributed by atoms with E-state index >= 15 is 0 Å². The van der Waals surface area contributed by atoms with E-state index in [1.165, 1.54) is 0 Å². The fourth-order valence-corrected chi connectivity index (χ4v) is 3.08. The van der Waals surface area contributed by atoms with Gasteiger partial charge in [0.15, 0.2) is 0 Å². The van der Waals surface area contributed by atoms with Crippen LogP contribution in [0.3, 0.4) is 0 Å². The van der Waals surface area contributed by atoms with Gasteiger partial charge in [0.2, 0.25) is 0 Å². The first-order valence-corrected chi connectivity index (χ1v) is 7.30. The molecule has 21 heavy (non-hydrogen) atoms. The monoisotopic (exact) mass is 345 g/mol. The second-order valence-electron chi connectivity index (χ2n) is 4.92. The molecule has 0 amide bonds. The van der Waals surface area contributed by atoms with Crippen LogP contribution in [0.5, 0.6) is 5.75 Å². The van der Waals surface area contributed by atoms with Crippen LogP contribution in [0.2, 0.25) is 0 Å². The van der Waals surface area contributed by atoms with Crippen molar-refractivity contribution >= 4 is 15.9 Å². The van der Waals surface area contributed by atoms with Crippen molar-refractivity contribution in [2.24, 2.45) is 0 Å². The highest BCUT2D eigenvalue weighted by Crippen LogP contribution is 2.33. The molecule has 0 saturated heterocycles. The average Bonchev–Trinajstić information content (AvgIpc) is 3.00. The zero-order valence-corrected chi connectivity index (χ0v) is 13.1. The van der Waals surface area contributed by atoms with E-state index in [9.17, 15) is 0 Å². The predicted molar refractivity (Wildman–Crippen MR) is 80.3 cm³/mol. The summed E-state index contributed by atoms with van der Waals surface area (Å²) in [5.74, 6) is 0.787. The Balaban J connectivity index is 2.10. The maximum absolute atomic E-state index is 5.34. The van der Waals surface area contributed by atoms with Gasteiger partial charge < -0.3 is 4.74 Å². The molecule has 0 atom stereocenters. The van der Waals surface area contributed by atoms with Crippen LogP contribution in [0, 0.1) is 6.92 Å². The van der Waals surface area contributed by atoms with Gasteiger partial charge in [0.1, 0.15) is 16.7 Å². The summed E-state index contributed by atoms with van der Waals surface area (Å²) in [7, 11) is 1.66. The Morgan fingerprint density at radius 3 is 2.90 bits per heavy atom. The number of ether oxygens (including phenoxy) is 1. The van der Waals surface area contributed by atoms with E-state index in [1.807, 2.05) is 36.1 Å². The summed E-state index contributed by atoms with van der Waals surface area (Å²) in [6.07, 6.45) is 2.54. The van der Waals surface area contributed by atoms with E-state index in [-0.39, 0.29) is 0 Å². The van der Waals surface area contributed by atoms with Gasteiger partial charge in [-0.25, -0.2) is 9.67 Å². The van der Waals surface area contributed by atoms with Crippen LogP contribution in [0.25, 0.3) is 11.4 Å². The average molecular weight is 346 g/mol. The molecule has 106 valence electrons. The number of halogens is 1. The lowest BCUT2D eigenvalue weighted by atomic mass is 10.2. The fraction of sp³-hybridized carbons (Fsp3) is 0.214. The summed E-state index contributed by atoms with van der Waals surface area (Å²) < 4.78 is 10.1. The molecule has 1 aliphatic heterocycles. The summed E-state index contributed by atoms with van der Waals surface area (Å²) in [5.41, 5.74) is 5.02. The van der Waals surface area contributed by atoms with E-state index in [0.29, 0.717) is 0 Å². The third-order valence-electron chi connectivity index (χ3n) is 3.78. The molecule has 0 fully saturated rings. The lowest BCUT2D eigenvalue weighted by molar-refractivity contribution is 0.414. The molecular weight excluding hydrogens is 334 g/mol. The van der Waals surface area contributed by atoms with Crippen molar-refractivity contribution in [3.63, 3.8) is 0 Å². The van der Waals surface area contributed by atoms with Crippen molar-refractivity contribution in [1.29, 1.82) is 0 Å². The number of hydrogen-bond acceptors (Lipinski definition) is 4. The van der Waals surface area contributed by atoms with Gasteiger partial charge in [-0.05, 0) is 35.0 Å². The zero-order chi connectivity index (χ0) is 14.6. The number of aromatic nitrogens is 5. The van der Waals surface area contributed by atoms with Crippen LogP contribution in [0.15, 0.2) is 29.1 Å². The van der Waals surface area contributed by atoms with Gasteiger partial charge in [-0.1, -0.05) is 5.21 Å². The lowest BCUT2D eigenvalue weighted by Gasteiger charge is -2.11. The molecule has 2 aromatic heterocycles. The molecule has 0 spiro atoms. The zero-order valence-electron chi connectivity index (χ0n) is 11.5. The normalized spacial score (nSPS) is 12.3. The van der Waals surface area contributed by atoms with Crippen LogP contribution in [0.4, 0.5) is 0 Å². The lowest BCUT2D eigenvalue weighted by Crippen LogP contribution is -2.03. The SMILES string of the molecule is COc1ccc2c(c1)-n1nnc(C)c1Cc1c(Br)ncn1-2. The molecule has 3 heterocycles. The van der Waals surface area contributed by atoms with Gasteiger partial charge in [-0.2, -0.15) is 0 Å². The standard InChI is InChI=1S/C14H12BrN5O/c1-8-11-6-13-14(15)16-7-19(13)10-4-3-9(21-2)5-12(10)20(11)18-17-8/h3-5,7H,6H2,1-2H3. The summed E-state index contributed by atoms with van der Waals surface area (Å²) in [6.45, 7) is 1.97. The Labute approximate surface area is 129 Å². The van der Waals surface area contributed by atoms with Crippen molar-refractivity contribution in [2.45, 2.75) is 13.3 Å². The summed E-state index contributed by atoms with van der Waals surface area (Å²) in [4.78, 5) is 4.37. The van der Waals surface area contributed by atoms with Gasteiger partial charge in [0.25, 0.3) is 0 Å². The minimum absolute atomic E-state index is 0.719. The van der Waals surface area contributed by atoms with E-state index < -0.39 is 0 Å². The van der Waals surface area contributed by atoms with Gasteiger partial charge in [0.05, 0.1) is 35.6 Å². The highest BCUT2D eigenvalue weighted by Gasteiger charge is 2.24. The van der Waals surface area contributed by atoms with Crippen LogP contribution in [-0.4, -0.2) is 31.7 Å². The van der Waals surface area contributed by atoms with Gasteiger partial charge in [-0.3, -0.25) is 4.57 Å². The first-order chi connectivity index (χ1) is 10.2. The second-order valence-corrected chi connectivity index (χ2v) is 5.67. The number of methoxy groups -OCH3 is 1. The molecule has 0 radical (unpaired) electrons. The second kappa shape index (κ2) is 4.42. The maximum atomic E-state index is 5.34. The number of benzene rings is 1. The molecule has 3 aromatic rings. The molecule has 1 aromatic carbocycles. The third kappa shape index (κ3) is 1.73. The maximum Gasteiger partial charge on any atom is 0.128 e. The highest BCUT2D eigenvalue weighted by atomic mass is 79.9. The van der Waals surface area contributed by atoms with E-state index in [1.54, 1.807) is 7.11 Å². The van der Waals surface area contributed by atoms with Crippen LogP contribution < -0.4 is 4.74 Å². The molecule has 4 rings (SSSR count). The van der Waals surface area contributed by atoms with Crippen LogP contribution in [0.1, 0.15) is 17.1 Å². The Hall–Kier alpha value is -2.15. The minimum Gasteiger partial charge on any atom is -0.497 e. The number of fused-ring (bicyclic) bond motifs is 5. The van der Waals surface area contributed by atoms with E-state index in [2.05, 4.69) is 35.8 Å². The number of hydrogen-bond donors (Lipinski definition) is 0. The molecule has 0 aliphatic carbocycles. The van der Waals surface area contributed by atoms with Crippen molar-refractivity contribution in [2.75, 3.05) is 7.11 Å². The van der Waals surface area contributed by atoms with Crippen LogP contribution >= 0.6 is 15.9 Å². The Bertz CT molecular complexity index is 851. The van der Waals surface area contributed by atoms with Crippen molar-refractivity contribution in [3.8, 4) is 17.1 Å². The van der Waals surface area contributed by atoms with Crippen LogP contribution in [-0.2, 0) is 6.42 Å². The molecule has 0 N–H and O–H groups in total. The molecular formula is C14H12BrN5O.